The average molecular weight is 263 g/mol. The van der Waals surface area contributed by atoms with Crippen molar-refractivity contribution >= 4 is 33.4 Å². The molecule has 4 heteroatoms. The molecular weight excluding hydrogens is 253 g/mol. The van der Waals surface area contributed by atoms with Gasteiger partial charge < -0.3 is 4.74 Å². The zero-order chi connectivity index (χ0) is 9.84. The summed E-state index contributed by atoms with van der Waals surface area (Å²) in [5.41, 5.74) is 0.682. The molecule has 1 aromatic carbocycles. The van der Waals surface area contributed by atoms with E-state index in [1.807, 2.05) is 6.92 Å². The predicted molar refractivity (Wildman–Crippen MR) is 57.6 cm³/mol. The summed E-state index contributed by atoms with van der Waals surface area (Å²) in [7, 11) is 0. The fourth-order valence-electron chi connectivity index (χ4n) is 0.913. The van der Waals surface area contributed by atoms with E-state index in [4.69, 9.17) is 21.7 Å². The molecule has 0 unspecified atom stereocenters. The van der Waals surface area contributed by atoms with Crippen LogP contribution in [0, 0.1) is 5.41 Å². The molecule has 0 bridgehead atoms. The minimum atomic E-state index is 0.144. The van der Waals surface area contributed by atoms with Crippen LogP contribution in [0.2, 0.25) is 5.02 Å². The standard InChI is InChI=1S/C9H9BrClNO/c1-2-13-9(12)6-3-7(10)5-8(11)4-6/h3-5,12H,2H2,1H3. The normalized spacial score (nSPS) is 9.77. The van der Waals surface area contributed by atoms with Gasteiger partial charge in [0.05, 0.1) is 6.61 Å². The Kier molecular flexibility index (Phi) is 3.75. The van der Waals surface area contributed by atoms with Crippen LogP contribution >= 0.6 is 27.5 Å². The van der Waals surface area contributed by atoms with Crippen LogP contribution in [0.1, 0.15) is 12.5 Å². The predicted octanol–water partition coefficient (Wildman–Crippen LogP) is 3.46. The molecule has 0 amide bonds. The molecule has 70 valence electrons. The third kappa shape index (κ3) is 3.01. The smallest absolute Gasteiger partial charge is 0.213 e. The van der Waals surface area contributed by atoms with E-state index in [9.17, 15) is 0 Å². The number of benzene rings is 1. The first kappa shape index (κ1) is 10.5. The lowest BCUT2D eigenvalue weighted by molar-refractivity contribution is 0.325. The molecule has 0 atom stereocenters. The summed E-state index contributed by atoms with van der Waals surface area (Å²) in [5.74, 6) is 0.144. The van der Waals surface area contributed by atoms with Crippen LogP contribution in [0.3, 0.4) is 0 Å². The van der Waals surface area contributed by atoms with Gasteiger partial charge in [0.15, 0.2) is 0 Å². The molecule has 1 rings (SSSR count). The van der Waals surface area contributed by atoms with Gasteiger partial charge in [-0.1, -0.05) is 27.5 Å². The second-order valence-electron chi connectivity index (χ2n) is 2.42. The Balaban J connectivity index is 2.94. The second kappa shape index (κ2) is 4.63. The maximum atomic E-state index is 7.52. The fourth-order valence-corrected chi connectivity index (χ4v) is 1.77. The number of halogens is 2. The van der Waals surface area contributed by atoms with Gasteiger partial charge in [-0.15, -0.1) is 0 Å². The molecule has 1 N–H and O–H groups in total. The molecule has 0 aromatic heterocycles. The number of hydrogen-bond acceptors (Lipinski definition) is 2. The topological polar surface area (TPSA) is 33.1 Å². The number of nitrogens with one attached hydrogen (secondary N) is 1. The maximum Gasteiger partial charge on any atom is 0.213 e. The molecule has 0 aliphatic heterocycles. The Morgan fingerprint density at radius 2 is 2.23 bits per heavy atom. The van der Waals surface area contributed by atoms with E-state index in [0.717, 1.165) is 4.47 Å². The van der Waals surface area contributed by atoms with E-state index in [2.05, 4.69) is 15.9 Å². The van der Waals surface area contributed by atoms with Crippen LogP contribution < -0.4 is 0 Å². The molecule has 13 heavy (non-hydrogen) atoms. The summed E-state index contributed by atoms with van der Waals surface area (Å²) >= 11 is 9.11. The van der Waals surface area contributed by atoms with Crippen molar-refractivity contribution in [2.45, 2.75) is 6.92 Å². The summed E-state index contributed by atoms with van der Waals surface area (Å²) in [4.78, 5) is 0. The Labute approximate surface area is 90.5 Å². The molecule has 0 saturated carbocycles. The Morgan fingerprint density at radius 3 is 2.77 bits per heavy atom. The van der Waals surface area contributed by atoms with Crippen molar-refractivity contribution in [2.24, 2.45) is 0 Å². The van der Waals surface area contributed by atoms with Gasteiger partial charge in [0.1, 0.15) is 0 Å². The van der Waals surface area contributed by atoms with Crippen LogP contribution in [-0.2, 0) is 4.74 Å². The molecule has 0 heterocycles. The van der Waals surface area contributed by atoms with Crippen molar-refractivity contribution in [2.75, 3.05) is 6.61 Å². The first-order chi connectivity index (χ1) is 6.13. The largest absolute Gasteiger partial charge is 0.478 e. The molecule has 0 fully saturated rings. The summed E-state index contributed by atoms with van der Waals surface area (Å²) < 4.78 is 5.89. The van der Waals surface area contributed by atoms with E-state index < -0.39 is 0 Å². The highest BCUT2D eigenvalue weighted by Gasteiger charge is 2.03. The van der Waals surface area contributed by atoms with Gasteiger partial charge in [0.25, 0.3) is 0 Å². The van der Waals surface area contributed by atoms with Gasteiger partial charge in [-0.05, 0) is 25.1 Å². The van der Waals surface area contributed by atoms with E-state index >= 15 is 0 Å². The third-order valence-corrected chi connectivity index (χ3v) is 2.09. The van der Waals surface area contributed by atoms with Crippen LogP contribution in [0.15, 0.2) is 22.7 Å². The van der Waals surface area contributed by atoms with E-state index in [1.165, 1.54) is 0 Å². The lowest BCUT2D eigenvalue weighted by Gasteiger charge is -2.05. The van der Waals surface area contributed by atoms with Crippen molar-refractivity contribution in [1.29, 1.82) is 5.41 Å². The number of ether oxygens (including phenoxy) is 1. The molecule has 2 nitrogen and oxygen atoms in total. The first-order valence-corrected chi connectivity index (χ1v) is 4.98. The van der Waals surface area contributed by atoms with Crippen LogP contribution in [0.25, 0.3) is 0 Å². The van der Waals surface area contributed by atoms with E-state index in [1.54, 1.807) is 18.2 Å². The first-order valence-electron chi connectivity index (χ1n) is 3.81. The quantitative estimate of drug-likeness (QED) is 0.642. The van der Waals surface area contributed by atoms with Crippen LogP contribution in [0.4, 0.5) is 0 Å². The Morgan fingerprint density at radius 1 is 1.54 bits per heavy atom. The highest BCUT2D eigenvalue weighted by Crippen LogP contribution is 2.19. The third-order valence-electron chi connectivity index (χ3n) is 1.41. The molecular formula is C9H9BrClNO. The maximum absolute atomic E-state index is 7.52. The monoisotopic (exact) mass is 261 g/mol. The fraction of sp³-hybridized carbons (Fsp3) is 0.222. The minimum Gasteiger partial charge on any atom is -0.478 e. The average Bonchev–Trinajstić information content (AvgIpc) is 2.03. The lowest BCUT2D eigenvalue weighted by atomic mass is 10.2. The molecule has 0 spiro atoms. The van der Waals surface area contributed by atoms with Crippen molar-refractivity contribution in [3.63, 3.8) is 0 Å². The van der Waals surface area contributed by atoms with Crippen molar-refractivity contribution < 1.29 is 4.74 Å². The Bertz CT molecular complexity index is 307. The van der Waals surface area contributed by atoms with Crippen molar-refractivity contribution in [1.82, 2.24) is 0 Å². The molecule has 0 aliphatic carbocycles. The lowest BCUT2D eigenvalue weighted by Crippen LogP contribution is -2.04. The highest BCUT2D eigenvalue weighted by atomic mass is 79.9. The van der Waals surface area contributed by atoms with Gasteiger partial charge in [0, 0.05) is 15.1 Å². The van der Waals surface area contributed by atoms with Crippen LogP contribution in [-0.4, -0.2) is 12.5 Å². The SMILES string of the molecule is CCOC(=N)c1cc(Cl)cc(Br)c1. The van der Waals surface area contributed by atoms with Gasteiger partial charge in [-0.25, -0.2) is 0 Å². The van der Waals surface area contributed by atoms with Gasteiger partial charge in [0.2, 0.25) is 5.90 Å². The van der Waals surface area contributed by atoms with Crippen molar-refractivity contribution in [3.05, 3.63) is 33.3 Å². The number of hydrogen-bond donors (Lipinski definition) is 1. The van der Waals surface area contributed by atoms with E-state index in [-0.39, 0.29) is 5.90 Å². The molecule has 0 aliphatic rings. The summed E-state index contributed by atoms with van der Waals surface area (Å²) in [5, 5.41) is 8.11. The molecule has 0 radical (unpaired) electrons. The molecule has 0 saturated heterocycles. The zero-order valence-corrected chi connectivity index (χ0v) is 9.45. The van der Waals surface area contributed by atoms with Gasteiger partial charge in [-0.2, -0.15) is 0 Å². The summed E-state index contributed by atoms with van der Waals surface area (Å²) in [6.07, 6.45) is 0. The summed E-state index contributed by atoms with van der Waals surface area (Å²) in [6, 6.07) is 5.26. The zero-order valence-electron chi connectivity index (χ0n) is 7.10. The highest BCUT2D eigenvalue weighted by molar-refractivity contribution is 9.10. The summed E-state index contributed by atoms with van der Waals surface area (Å²) in [6.45, 7) is 2.33. The molecule has 1 aromatic rings. The van der Waals surface area contributed by atoms with Crippen LogP contribution in [0.5, 0.6) is 0 Å². The van der Waals surface area contributed by atoms with Gasteiger partial charge >= 0.3 is 0 Å². The Hall–Kier alpha value is -0.540. The minimum absolute atomic E-state index is 0.144. The van der Waals surface area contributed by atoms with Gasteiger partial charge in [-0.3, -0.25) is 5.41 Å². The number of rotatable bonds is 2. The second-order valence-corrected chi connectivity index (χ2v) is 3.77. The van der Waals surface area contributed by atoms with Crippen molar-refractivity contribution in [3.8, 4) is 0 Å². The van der Waals surface area contributed by atoms with E-state index in [0.29, 0.717) is 17.2 Å².